The summed E-state index contributed by atoms with van der Waals surface area (Å²) in [6.45, 7) is 1.31. The number of ether oxygens (including phenoxy) is 2. The van der Waals surface area contributed by atoms with Crippen molar-refractivity contribution in [1.29, 1.82) is 0 Å². The van der Waals surface area contributed by atoms with Gasteiger partial charge in [0.15, 0.2) is 17.6 Å². The lowest BCUT2D eigenvalue weighted by atomic mass is 10.2. The number of para-hydroxylation sites is 2. The minimum atomic E-state index is -1.25. The van der Waals surface area contributed by atoms with Crippen LogP contribution in [-0.2, 0) is 9.53 Å². The van der Waals surface area contributed by atoms with Gasteiger partial charge in [0.05, 0.1) is 7.11 Å². The number of esters is 1. The number of carbonyl (C=O) groups excluding carboxylic acids is 3. The Morgan fingerprint density at radius 1 is 1.04 bits per heavy atom. The molecule has 0 aromatic heterocycles. The fraction of sp³-hybridized carbons (Fsp3) is 0.167. The van der Waals surface area contributed by atoms with E-state index >= 15 is 0 Å². The van der Waals surface area contributed by atoms with E-state index in [1.165, 1.54) is 32.2 Å². The fourth-order valence-electron chi connectivity index (χ4n) is 2.03. The summed E-state index contributed by atoms with van der Waals surface area (Å²) in [4.78, 5) is 35.9. The third-order valence-electron chi connectivity index (χ3n) is 3.36. The molecule has 26 heavy (non-hydrogen) atoms. The van der Waals surface area contributed by atoms with Crippen molar-refractivity contribution in [3.05, 3.63) is 54.1 Å². The van der Waals surface area contributed by atoms with E-state index in [0.29, 0.717) is 5.69 Å². The molecular weight excluding hydrogens is 340 g/mol. The topological polar surface area (TPSA) is 114 Å². The van der Waals surface area contributed by atoms with E-state index in [-0.39, 0.29) is 11.3 Å². The first-order valence-corrected chi connectivity index (χ1v) is 7.66. The molecule has 2 aromatic rings. The van der Waals surface area contributed by atoms with E-state index < -0.39 is 29.8 Å². The third-order valence-corrected chi connectivity index (χ3v) is 3.36. The smallest absolute Gasteiger partial charge is 0.342 e. The lowest BCUT2D eigenvalue weighted by Crippen LogP contribution is -2.41. The molecule has 2 aromatic carbocycles. The second-order valence-electron chi connectivity index (χ2n) is 5.21. The highest BCUT2D eigenvalue weighted by atomic mass is 16.5. The quantitative estimate of drug-likeness (QED) is 0.707. The minimum absolute atomic E-state index is 0.0961. The number of benzene rings is 2. The van der Waals surface area contributed by atoms with Crippen LogP contribution in [0.4, 0.5) is 10.5 Å². The van der Waals surface area contributed by atoms with Crippen molar-refractivity contribution in [3.8, 4) is 11.5 Å². The van der Waals surface area contributed by atoms with Gasteiger partial charge in [0.1, 0.15) is 5.56 Å². The van der Waals surface area contributed by atoms with Crippen LogP contribution < -0.4 is 15.4 Å². The molecule has 0 radical (unpaired) electrons. The first-order chi connectivity index (χ1) is 12.4. The average Bonchev–Trinajstić information content (AvgIpc) is 2.62. The Morgan fingerprint density at radius 3 is 2.38 bits per heavy atom. The molecule has 3 amide bonds. The Labute approximate surface area is 149 Å². The first kappa shape index (κ1) is 18.8. The van der Waals surface area contributed by atoms with Gasteiger partial charge >= 0.3 is 12.0 Å². The molecule has 0 aliphatic carbocycles. The predicted octanol–water partition coefficient (Wildman–Crippen LogP) is 2.29. The van der Waals surface area contributed by atoms with E-state index in [1.807, 2.05) is 0 Å². The Morgan fingerprint density at radius 2 is 1.73 bits per heavy atom. The van der Waals surface area contributed by atoms with E-state index in [4.69, 9.17) is 9.47 Å². The second-order valence-corrected chi connectivity index (χ2v) is 5.21. The molecule has 0 aliphatic rings. The van der Waals surface area contributed by atoms with Gasteiger partial charge in [-0.1, -0.05) is 24.3 Å². The van der Waals surface area contributed by atoms with Crippen molar-refractivity contribution in [2.75, 3.05) is 12.4 Å². The summed E-state index contributed by atoms with van der Waals surface area (Å²) in [5, 5.41) is 14.5. The van der Waals surface area contributed by atoms with Gasteiger partial charge in [-0.3, -0.25) is 10.1 Å². The standard InChI is InChI=1S/C18H18N2O6/c1-11(16(22)20-18(24)19-12-7-4-3-5-8-12)26-17(23)13-9-6-10-14(25-2)15(13)21/h3-11,21H,1-2H3,(H2,19,20,22,24)/t11-/m0/s1. The number of imide groups is 1. The number of methoxy groups -OCH3 is 1. The first-order valence-electron chi connectivity index (χ1n) is 7.66. The zero-order chi connectivity index (χ0) is 19.1. The number of anilines is 1. The normalized spacial score (nSPS) is 11.2. The lowest BCUT2D eigenvalue weighted by molar-refractivity contribution is -0.127. The molecule has 8 nitrogen and oxygen atoms in total. The molecule has 0 bridgehead atoms. The van der Waals surface area contributed by atoms with E-state index in [9.17, 15) is 19.5 Å². The number of hydrogen-bond acceptors (Lipinski definition) is 6. The van der Waals surface area contributed by atoms with Gasteiger partial charge < -0.3 is 19.9 Å². The predicted molar refractivity (Wildman–Crippen MR) is 93.1 cm³/mol. The summed E-state index contributed by atoms with van der Waals surface area (Å²) in [5.74, 6) is -2.03. The van der Waals surface area contributed by atoms with Crippen LogP contribution >= 0.6 is 0 Å². The summed E-state index contributed by atoms with van der Waals surface area (Å²) in [6, 6.07) is 12.1. The average molecular weight is 358 g/mol. The van der Waals surface area contributed by atoms with Crippen LogP contribution in [0.5, 0.6) is 11.5 Å². The molecule has 136 valence electrons. The Balaban J connectivity index is 1.94. The molecule has 0 aliphatic heterocycles. The number of hydrogen-bond donors (Lipinski definition) is 3. The van der Waals surface area contributed by atoms with Crippen LogP contribution in [0.2, 0.25) is 0 Å². The monoisotopic (exact) mass is 358 g/mol. The zero-order valence-corrected chi connectivity index (χ0v) is 14.2. The molecule has 8 heteroatoms. The Hall–Kier alpha value is -3.55. The number of rotatable bonds is 5. The Bertz CT molecular complexity index is 807. The SMILES string of the molecule is COc1cccc(C(=O)O[C@@H](C)C(=O)NC(=O)Nc2ccccc2)c1O. The number of urea groups is 1. The van der Waals surface area contributed by atoms with Crippen molar-refractivity contribution < 1.29 is 29.0 Å². The van der Waals surface area contributed by atoms with Crippen molar-refractivity contribution in [2.24, 2.45) is 0 Å². The molecule has 0 fully saturated rings. The fourth-order valence-corrected chi connectivity index (χ4v) is 2.03. The summed E-state index contributed by atoms with van der Waals surface area (Å²) >= 11 is 0. The number of phenolic OH excluding ortho intramolecular Hbond substituents is 1. The van der Waals surface area contributed by atoms with Crippen molar-refractivity contribution in [1.82, 2.24) is 5.32 Å². The van der Waals surface area contributed by atoms with Crippen molar-refractivity contribution in [3.63, 3.8) is 0 Å². The number of carbonyl (C=O) groups is 3. The molecule has 3 N–H and O–H groups in total. The van der Waals surface area contributed by atoms with E-state index in [1.54, 1.807) is 30.3 Å². The van der Waals surface area contributed by atoms with Gasteiger partial charge in [-0.05, 0) is 31.2 Å². The lowest BCUT2D eigenvalue weighted by Gasteiger charge is -2.14. The highest BCUT2D eigenvalue weighted by Crippen LogP contribution is 2.29. The zero-order valence-electron chi connectivity index (χ0n) is 14.2. The van der Waals surface area contributed by atoms with Crippen LogP contribution in [0.3, 0.4) is 0 Å². The van der Waals surface area contributed by atoms with Crippen LogP contribution in [0.1, 0.15) is 17.3 Å². The number of phenols is 1. The van der Waals surface area contributed by atoms with E-state index in [2.05, 4.69) is 10.6 Å². The molecule has 0 unspecified atom stereocenters. The maximum atomic E-state index is 12.1. The number of nitrogens with one attached hydrogen (secondary N) is 2. The molecule has 0 heterocycles. The molecule has 0 saturated carbocycles. The summed E-state index contributed by atoms with van der Waals surface area (Å²) < 4.78 is 9.89. The van der Waals surface area contributed by atoms with Gasteiger partial charge in [0.2, 0.25) is 0 Å². The van der Waals surface area contributed by atoms with Gasteiger partial charge in [-0.2, -0.15) is 0 Å². The molecular formula is C18H18N2O6. The highest BCUT2D eigenvalue weighted by molar-refractivity contribution is 6.03. The highest BCUT2D eigenvalue weighted by Gasteiger charge is 2.23. The number of aromatic hydroxyl groups is 1. The summed E-state index contributed by atoms with van der Waals surface area (Å²) in [6.07, 6.45) is -1.25. The van der Waals surface area contributed by atoms with Gasteiger partial charge in [-0.15, -0.1) is 0 Å². The summed E-state index contributed by atoms with van der Waals surface area (Å²) in [5.41, 5.74) is 0.349. The molecule has 1 atom stereocenters. The van der Waals surface area contributed by atoms with E-state index in [0.717, 1.165) is 0 Å². The third kappa shape index (κ3) is 4.73. The van der Waals surface area contributed by atoms with Crippen molar-refractivity contribution >= 4 is 23.6 Å². The molecule has 2 rings (SSSR count). The van der Waals surface area contributed by atoms with Gasteiger partial charge in [0, 0.05) is 5.69 Å². The van der Waals surface area contributed by atoms with Crippen LogP contribution in [-0.4, -0.2) is 36.2 Å². The van der Waals surface area contributed by atoms with Crippen LogP contribution in [0.15, 0.2) is 48.5 Å². The van der Waals surface area contributed by atoms with Crippen LogP contribution in [0, 0.1) is 0 Å². The number of amides is 3. The van der Waals surface area contributed by atoms with Gasteiger partial charge in [-0.25, -0.2) is 9.59 Å². The van der Waals surface area contributed by atoms with Gasteiger partial charge in [0.25, 0.3) is 5.91 Å². The summed E-state index contributed by atoms with van der Waals surface area (Å²) in [7, 11) is 1.34. The minimum Gasteiger partial charge on any atom is -0.504 e. The molecule has 0 saturated heterocycles. The maximum absolute atomic E-state index is 12.1. The van der Waals surface area contributed by atoms with Crippen molar-refractivity contribution in [2.45, 2.75) is 13.0 Å². The maximum Gasteiger partial charge on any atom is 0.342 e. The van der Waals surface area contributed by atoms with Crippen LogP contribution in [0.25, 0.3) is 0 Å². The molecule has 0 spiro atoms. The largest absolute Gasteiger partial charge is 0.504 e. The Kier molecular flexibility index (Phi) is 6.15. The second kappa shape index (κ2) is 8.52.